The molecule has 1 aromatic carbocycles. The Morgan fingerprint density at radius 2 is 1.81 bits per heavy atom. The van der Waals surface area contributed by atoms with Crippen molar-refractivity contribution in [1.82, 2.24) is 5.32 Å². The van der Waals surface area contributed by atoms with Crippen molar-refractivity contribution in [3.8, 4) is 11.5 Å². The number of nitro groups is 1. The van der Waals surface area contributed by atoms with Crippen molar-refractivity contribution in [2.45, 2.75) is 33.2 Å². The number of ether oxygens (including phenoxy) is 2. The molecule has 0 aromatic heterocycles. The first kappa shape index (κ1) is 17.2. The maximum absolute atomic E-state index is 11.3. The van der Waals surface area contributed by atoms with Crippen molar-refractivity contribution < 1.29 is 14.4 Å². The lowest BCUT2D eigenvalue weighted by Gasteiger charge is -2.22. The van der Waals surface area contributed by atoms with Crippen molar-refractivity contribution in [1.29, 1.82) is 0 Å². The average Bonchev–Trinajstić information content (AvgIpc) is 2.45. The minimum absolute atomic E-state index is 0.0659. The molecule has 0 aliphatic heterocycles. The van der Waals surface area contributed by atoms with Crippen LogP contribution in [-0.4, -0.2) is 31.7 Å². The van der Waals surface area contributed by atoms with Crippen molar-refractivity contribution in [2.24, 2.45) is 5.92 Å². The molecule has 1 rings (SSSR count). The van der Waals surface area contributed by atoms with Crippen molar-refractivity contribution in [3.05, 3.63) is 27.8 Å². The van der Waals surface area contributed by atoms with Gasteiger partial charge in [-0.25, -0.2) is 0 Å². The summed E-state index contributed by atoms with van der Waals surface area (Å²) in [6, 6.07) is 3.30. The first-order valence-corrected chi connectivity index (χ1v) is 7.07. The second-order valence-electron chi connectivity index (χ2n) is 5.21. The van der Waals surface area contributed by atoms with Crippen LogP contribution in [0.3, 0.4) is 0 Å². The molecule has 0 fully saturated rings. The maximum Gasteiger partial charge on any atom is 0.276 e. The molecular weight excluding hydrogens is 272 g/mol. The lowest BCUT2D eigenvalue weighted by atomic mass is 9.95. The number of nitrogens with one attached hydrogen (secondary N) is 1. The maximum atomic E-state index is 11.3. The molecule has 0 aliphatic rings. The third-order valence-corrected chi connectivity index (χ3v) is 3.49. The second-order valence-corrected chi connectivity index (χ2v) is 5.21. The standard InChI is InChI=1S/C15H24N2O4/c1-6-16-12(10(2)3)7-11-8-14(20-4)15(21-5)9-13(11)17(18)19/h8-10,12,16H,6-7H2,1-5H3. The van der Waals surface area contributed by atoms with Gasteiger partial charge in [-0.1, -0.05) is 20.8 Å². The molecule has 1 atom stereocenters. The first-order chi connectivity index (χ1) is 9.94. The number of benzene rings is 1. The van der Waals surface area contributed by atoms with Crippen LogP contribution in [0.5, 0.6) is 11.5 Å². The summed E-state index contributed by atoms with van der Waals surface area (Å²) >= 11 is 0. The predicted octanol–water partition coefficient (Wildman–Crippen LogP) is 2.79. The van der Waals surface area contributed by atoms with E-state index < -0.39 is 0 Å². The minimum Gasteiger partial charge on any atom is -0.493 e. The number of nitro benzene ring substituents is 1. The molecule has 6 heteroatoms. The Hall–Kier alpha value is -1.82. The third kappa shape index (κ3) is 4.32. The highest BCUT2D eigenvalue weighted by Gasteiger charge is 2.23. The zero-order valence-electron chi connectivity index (χ0n) is 13.3. The van der Waals surface area contributed by atoms with Gasteiger partial charge in [-0.2, -0.15) is 0 Å². The van der Waals surface area contributed by atoms with Crippen LogP contribution in [0.2, 0.25) is 0 Å². The van der Waals surface area contributed by atoms with Gasteiger partial charge in [0.2, 0.25) is 0 Å². The van der Waals surface area contributed by atoms with Crippen LogP contribution in [0.4, 0.5) is 5.69 Å². The van der Waals surface area contributed by atoms with Gasteiger partial charge in [0.15, 0.2) is 11.5 Å². The molecule has 21 heavy (non-hydrogen) atoms. The van der Waals surface area contributed by atoms with E-state index in [-0.39, 0.29) is 16.7 Å². The van der Waals surface area contributed by atoms with E-state index in [0.29, 0.717) is 29.4 Å². The molecule has 0 aliphatic carbocycles. The van der Waals surface area contributed by atoms with Gasteiger partial charge in [0.05, 0.1) is 25.2 Å². The highest BCUT2D eigenvalue weighted by molar-refractivity contribution is 5.54. The van der Waals surface area contributed by atoms with Gasteiger partial charge in [-0.3, -0.25) is 10.1 Å². The van der Waals surface area contributed by atoms with Gasteiger partial charge >= 0.3 is 0 Å². The number of hydrogen-bond acceptors (Lipinski definition) is 5. The number of methoxy groups -OCH3 is 2. The largest absolute Gasteiger partial charge is 0.493 e. The Labute approximate surface area is 125 Å². The molecule has 0 saturated carbocycles. The fraction of sp³-hybridized carbons (Fsp3) is 0.600. The molecule has 1 aromatic rings. The van der Waals surface area contributed by atoms with Gasteiger partial charge in [-0.05, 0) is 24.9 Å². The summed E-state index contributed by atoms with van der Waals surface area (Å²) in [6.45, 7) is 7.04. The Morgan fingerprint density at radius 1 is 1.24 bits per heavy atom. The summed E-state index contributed by atoms with van der Waals surface area (Å²) in [7, 11) is 2.99. The summed E-state index contributed by atoms with van der Waals surface area (Å²) in [5, 5.41) is 14.7. The Kier molecular flexibility index (Phi) is 6.42. The molecule has 1 unspecified atom stereocenters. The highest BCUT2D eigenvalue weighted by Crippen LogP contribution is 2.35. The zero-order valence-corrected chi connectivity index (χ0v) is 13.3. The molecule has 6 nitrogen and oxygen atoms in total. The Balaban J connectivity index is 3.22. The van der Waals surface area contributed by atoms with Crippen LogP contribution >= 0.6 is 0 Å². The van der Waals surface area contributed by atoms with E-state index in [1.54, 1.807) is 6.07 Å². The van der Waals surface area contributed by atoms with E-state index in [2.05, 4.69) is 19.2 Å². The Morgan fingerprint density at radius 3 is 2.24 bits per heavy atom. The van der Waals surface area contributed by atoms with Crippen LogP contribution in [0.25, 0.3) is 0 Å². The Bertz CT molecular complexity index is 489. The lowest BCUT2D eigenvalue weighted by Crippen LogP contribution is -2.35. The first-order valence-electron chi connectivity index (χ1n) is 7.07. The molecule has 0 spiro atoms. The van der Waals surface area contributed by atoms with E-state index in [0.717, 1.165) is 6.54 Å². The molecule has 0 radical (unpaired) electrons. The summed E-state index contributed by atoms with van der Waals surface area (Å²) in [6.07, 6.45) is 0.572. The molecule has 0 heterocycles. The molecule has 0 amide bonds. The fourth-order valence-electron chi connectivity index (χ4n) is 2.29. The normalized spacial score (nSPS) is 12.3. The quantitative estimate of drug-likeness (QED) is 0.590. The molecule has 0 saturated heterocycles. The highest BCUT2D eigenvalue weighted by atomic mass is 16.6. The van der Waals surface area contributed by atoms with E-state index in [4.69, 9.17) is 9.47 Å². The summed E-state index contributed by atoms with van der Waals surface area (Å²) in [4.78, 5) is 10.9. The zero-order chi connectivity index (χ0) is 16.0. The fourth-order valence-corrected chi connectivity index (χ4v) is 2.29. The van der Waals surface area contributed by atoms with E-state index in [1.165, 1.54) is 20.3 Å². The van der Waals surface area contributed by atoms with E-state index >= 15 is 0 Å². The minimum atomic E-state index is -0.374. The summed E-state index contributed by atoms with van der Waals surface area (Å²) in [5.41, 5.74) is 0.716. The third-order valence-electron chi connectivity index (χ3n) is 3.49. The average molecular weight is 296 g/mol. The van der Waals surface area contributed by atoms with Gasteiger partial charge < -0.3 is 14.8 Å². The SMILES string of the molecule is CCNC(Cc1cc(OC)c(OC)cc1[N+](=O)[O-])C(C)C. The number of likely N-dealkylation sites (N-methyl/N-ethyl adjacent to an activating group) is 1. The number of hydrogen-bond donors (Lipinski definition) is 1. The monoisotopic (exact) mass is 296 g/mol. The topological polar surface area (TPSA) is 73.6 Å². The number of rotatable bonds is 8. The van der Waals surface area contributed by atoms with E-state index in [1.807, 2.05) is 6.92 Å². The molecular formula is C15H24N2O4. The van der Waals surface area contributed by atoms with Crippen LogP contribution < -0.4 is 14.8 Å². The number of nitrogens with zero attached hydrogens (tertiary/aromatic N) is 1. The predicted molar refractivity (Wildman–Crippen MR) is 82.2 cm³/mol. The lowest BCUT2D eigenvalue weighted by molar-refractivity contribution is -0.385. The van der Waals surface area contributed by atoms with Gasteiger partial charge in [0, 0.05) is 11.6 Å². The molecule has 118 valence electrons. The summed E-state index contributed by atoms with van der Waals surface area (Å²) < 4.78 is 10.4. The van der Waals surface area contributed by atoms with Crippen molar-refractivity contribution in [2.75, 3.05) is 20.8 Å². The van der Waals surface area contributed by atoms with Crippen LogP contribution in [-0.2, 0) is 6.42 Å². The van der Waals surface area contributed by atoms with Crippen LogP contribution in [0.1, 0.15) is 26.3 Å². The smallest absolute Gasteiger partial charge is 0.276 e. The van der Waals surface area contributed by atoms with Gasteiger partial charge in [0.1, 0.15) is 0 Å². The van der Waals surface area contributed by atoms with Gasteiger partial charge in [-0.15, -0.1) is 0 Å². The van der Waals surface area contributed by atoms with Crippen LogP contribution in [0, 0.1) is 16.0 Å². The van der Waals surface area contributed by atoms with Gasteiger partial charge in [0.25, 0.3) is 5.69 Å². The van der Waals surface area contributed by atoms with Crippen molar-refractivity contribution >= 4 is 5.69 Å². The molecule has 0 bridgehead atoms. The van der Waals surface area contributed by atoms with Crippen molar-refractivity contribution in [3.63, 3.8) is 0 Å². The van der Waals surface area contributed by atoms with E-state index in [9.17, 15) is 10.1 Å². The summed E-state index contributed by atoms with van der Waals surface area (Å²) in [5.74, 6) is 1.26. The molecule has 1 N–H and O–H groups in total. The second kappa shape index (κ2) is 7.83. The van der Waals surface area contributed by atoms with Crippen LogP contribution in [0.15, 0.2) is 12.1 Å².